The summed E-state index contributed by atoms with van der Waals surface area (Å²) in [5.41, 5.74) is 2.40. The summed E-state index contributed by atoms with van der Waals surface area (Å²) in [6, 6.07) is -1.43. The molecule has 2 rings (SSSR count). The van der Waals surface area contributed by atoms with Gasteiger partial charge >= 0.3 is 6.03 Å². The standard InChI is InChI=1S/C11H19N3O6/c1-2-3-5-9(18)12-11(19)13-14(5)10-8(17)7(16)6(15)4-20-10/h5-8,10,15-17H,2-4H2,1H3,(H2,12,13,18,19)/t5-,6-,7-,8-,10-/m1/s1. The highest BCUT2D eigenvalue weighted by Crippen LogP contribution is 2.22. The number of carbonyl (C=O) groups is 2. The monoisotopic (exact) mass is 289 g/mol. The molecule has 2 aliphatic rings. The van der Waals surface area contributed by atoms with E-state index in [4.69, 9.17) is 4.74 Å². The lowest BCUT2D eigenvalue weighted by Crippen LogP contribution is -2.71. The normalized spacial score (nSPS) is 39.3. The first-order valence-corrected chi connectivity index (χ1v) is 6.51. The van der Waals surface area contributed by atoms with Gasteiger partial charge in [0, 0.05) is 0 Å². The summed E-state index contributed by atoms with van der Waals surface area (Å²) in [5.74, 6) is -0.494. The number of aliphatic hydroxyl groups is 3. The molecule has 3 amide bonds. The average Bonchev–Trinajstić information content (AvgIpc) is 2.39. The van der Waals surface area contributed by atoms with Crippen molar-refractivity contribution in [3.8, 4) is 0 Å². The summed E-state index contributed by atoms with van der Waals surface area (Å²) in [6.45, 7) is 1.67. The lowest BCUT2D eigenvalue weighted by Gasteiger charge is -2.45. The van der Waals surface area contributed by atoms with Gasteiger partial charge in [-0.25, -0.2) is 4.79 Å². The van der Waals surface area contributed by atoms with Gasteiger partial charge < -0.3 is 20.1 Å². The van der Waals surface area contributed by atoms with E-state index in [1.807, 2.05) is 6.92 Å². The number of hydrazine groups is 1. The molecule has 0 aromatic carbocycles. The number of carbonyl (C=O) groups excluding carboxylic acids is 2. The number of hydrogen-bond acceptors (Lipinski definition) is 7. The van der Waals surface area contributed by atoms with Gasteiger partial charge in [0.05, 0.1) is 6.61 Å². The van der Waals surface area contributed by atoms with Crippen LogP contribution in [0.2, 0.25) is 0 Å². The van der Waals surface area contributed by atoms with Crippen LogP contribution in [0, 0.1) is 0 Å². The Morgan fingerprint density at radius 1 is 1.30 bits per heavy atom. The first-order valence-electron chi connectivity index (χ1n) is 6.51. The Morgan fingerprint density at radius 3 is 2.65 bits per heavy atom. The summed E-state index contributed by atoms with van der Waals surface area (Å²) >= 11 is 0. The van der Waals surface area contributed by atoms with Gasteiger partial charge in [0.1, 0.15) is 24.4 Å². The Balaban J connectivity index is 2.18. The summed E-state index contributed by atoms with van der Waals surface area (Å²) < 4.78 is 5.26. The Labute approximate surface area is 115 Å². The zero-order chi connectivity index (χ0) is 14.9. The number of aliphatic hydroxyl groups excluding tert-OH is 3. The topological polar surface area (TPSA) is 131 Å². The number of nitrogens with zero attached hydrogens (tertiary/aromatic N) is 1. The van der Waals surface area contributed by atoms with Crippen molar-refractivity contribution in [2.24, 2.45) is 0 Å². The maximum atomic E-state index is 11.8. The molecule has 9 nitrogen and oxygen atoms in total. The zero-order valence-electron chi connectivity index (χ0n) is 11.0. The van der Waals surface area contributed by atoms with Crippen molar-refractivity contribution in [2.75, 3.05) is 6.61 Å². The highest BCUT2D eigenvalue weighted by Gasteiger charge is 2.46. The van der Waals surface area contributed by atoms with Crippen LogP contribution in [0.5, 0.6) is 0 Å². The Hall–Kier alpha value is -1.26. The van der Waals surface area contributed by atoms with Crippen LogP contribution in [0.3, 0.4) is 0 Å². The Kier molecular flexibility index (Phi) is 4.55. The second kappa shape index (κ2) is 6.02. The largest absolute Gasteiger partial charge is 0.388 e. The van der Waals surface area contributed by atoms with E-state index in [0.717, 1.165) is 0 Å². The van der Waals surface area contributed by atoms with Gasteiger partial charge in [-0.3, -0.25) is 15.5 Å². The number of hydrogen-bond donors (Lipinski definition) is 5. The number of rotatable bonds is 3. The van der Waals surface area contributed by atoms with Crippen molar-refractivity contribution in [1.82, 2.24) is 15.8 Å². The van der Waals surface area contributed by atoms with Crippen LogP contribution < -0.4 is 10.7 Å². The third-order valence-corrected chi connectivity index (χ3v) is 3.42. The van der Waals surface area contributed by atoms with Gasteiger partial charge in [-0.2, -0.15) is 5.01 Å². The van der Waals surface area contributed by atoms with Crippen LogP contribution in [0.1, 0.15) is 19.8 Å². The molecular formula is C11H19N3O6. The minimum Gasteiger partial charge on any atom is -0.388 e. The predicted octanol–water partition coefficient (Wildman–Crippen LogP) is -2.35. The Bertz CT molecular complexity index is 392. The van der Waals surface area contributed by atoms with E-state index in [-0.39, 0.29) is 6.61 Å². The SMILES string of the molecule is CCC[C@@H]1C(=O)NC(=O)NN1[C@@H]1OC[C@@H](O)[C@@H](O)[C@H]1O. The second-order valence-electron chi connectivity index (χ2n) is 4.91. The number of imide groups is 1. The van der Waals surface area contributed by atoms with Gasteiger partial charge in [0.2, 0.25) is 5.91 Å². The number of nitrogens with one attached hydrogen (secondary N) is 2. The van der Waals surface area contributed by atoms with E-state index in [0.29, 0.717) is 12.8 Å². The van der Waals surface area contributed by atoms with Crippen molar-refractivity contribution in [1.29, 1.82) is 0 Å². The van der Waals surface area contributed by atoms with Crippen LogP contribution in [0.25, 0.3) is 0 Å². The summed E-state index contributed by atoms with van der Waals surface area (Å²) in [4.78, 5) is 23.2. The minimum absolute atomic E-state index is 0.199. The minimum atomic E-state index is -1.44. The summed E-state index contributed by atoms with van der Waals surface area (Å²) in [7, 11) is 0. The molecule has 5 atom stereocenters. The smallest absolute Gasteiger partial charge is 0.336 e. The molecule has 0 aliphatic carbocycles. The molecule has 2 heterocycles. The van der Waals surface area contributed by atoms with Gasteiger partial charge in [-0.05, 0) is 6.42 Å². The van der Waals surface area contributed by atoms with Crippen molar-refractivity contribution in [3.63, 3.8) is 0 Å². The number of amides is 3. The van der Waals surface area contributed by atoms with E-state index >= 15 is 0 Å². The van der Waals surface area contributed by atoms with E-state index in [1.165, 1.54) is 5.01 Å². The third kappa shape index (κ3) is 2.76. The molecule has 20 heavy (non-hydrogen) atoms. The fourth-order valence-corrected chi connectivity index (χ4v) is 2.36. The first kappa shape index (κ1) is 15.1. The second-order valence-corrected chi connectivity index (χ2v) is 4.91. The van der Waals surface area contributed by atoms with Crippen molar-refractivity contribution < 1.29 is 29.6 Å². The fourth-order valence-electron chi connectivity index (χ4n) is 2.36. The van der Waals surface area contributed by atoms with Gasteiger partial charge in [-0.15, -0.1) is 0 Å². The van der Waals surface area contributed by atoms with Crippen LogP contribution in [-0.2, 0) is 9.53 Å². The quantitative estimate of drug-likeness (QED) is 0.393. The van der Waals surface area contributed by atoms with E-state index in [9.17, 15) is 24.9 Å². The van der Waals surface area contributed by atoms with Crippen LogP contribution in [0.15, 0.2) is 0 Å². The van der Waals surface area contributed by atoms with Crippen LogP contribution in [-0.4, -0.2) is 69.5 Å². The van der Waals surface area contributed by atoms with Gasteiger partial charge in [-0.1, -0.05) is 13.3 Å². The first-order chi connectivity index (χ1) is 9.45. The number of urea groups is 1. The predicted molar refractivity (Wildman–Crippen MR) is 65.0 cm³/mol. The maximum Gasteiger partial charge on any atom is 0.336 e. The van der Waals surface area contributed by atoms with Crippen LogP contribution >= 0.6 is 0 Å². The molecule has 5 N–H and O–H groups in total. The van der Waals surface area contributed by atoms with Gasteiger partial charge in [0.15, 0.2) is 6.23 Å². The number of ether oxygens (including phenoxy) is 1. The lowest BCUT2D eigenvalue weighted by atomic mass is 10.0. The van der Waals surface area contributed by atoms with E-state index in [1.54, 1.807) is 0 Å². The van der Waals surface area contributed by atoms with E-state index in [2.05, 4.69) is 10.7 Å². The van der Waals surface area contributed by atoms with E-state index < -0.39 is 42.5 Å². The van der Waals surface area contributed by atoms with Crippen LogP contribution in [0.4, 0.5) is 4.79 Å². The summed E-state index contributed by atoms with van der Waals surface area (Å²) in [6.07, 6.45) is -4.03. The zero-order valence-corrected chi connectivity index (χ0v) is 11.0. The molecule has 0 aromatic heterocycles. The summed E-state index contributed by atoms with van der Waals surface area (Å²) in [5, 5.41) is 32.4. The van der Waals surface area contributed by atoms with Crippen molar-refractivity contribution >= 4 is 11.9 Å². The molecule has 114 valence electrons. The van der Waals surface area contributed by atoms with Crippen molar-refractivity contribution in [3.05, 3.63) is 0 Å². The average molecular weight is 289 g/mol. The molecule has 9 heteroatoms. The highest BCUT2D eigenvalue weighted by molar-refractivity contribution is 5.98. The third-order valence-electron chi connectivity index (χ3n) is 3.42. The molecule has 0 radical (unpaired) electrons. The fraction of sp³-hybridized carbons (Fsp3) is 0.818. The van der Waals surface area contributed by atoms with Gasteiger partial charge in [0.25, 0.3) is 0 Å². The molecule has 0 saturated carbocycles. The Morgan fingerprint density at radius 2 is 2.00 bits per heavy atom. The van der Waals surface area contributed by atoms with Crippen molar-refractivity contribution in [2.45, 2.75) is 50.3 Å². The lowest BCUT2D eigenvalue weighted by molar-refractivity contribution is -0.242. The molecule has 2 saturated heterocycles. The molecule has 0 bridgehead atoms. The highest BCUT2D eigenvalue weighted by atomic mass is 16.5. The molecular weight excluding hydrogens is 270 g/mol. The maximum absolute atomic E-state index is 11.8. The molecule has 2 aliphatic heterocycles. The molecule has 2 fully saturated rings. The molecule has 0 spiro atoms. The molecule has 0 unspecified atom stereocenters. The molecule has 0 aromatic rings.